The van der Waals surface area contributed by atoms with Crippen molar-refractivity contribution in [1.29, 1.82) is 0 Å². The number of benzene rings is 2. The van der Waals surface area contributed by atoms with Crippen LogP contribution >= 0.6 is 0 Å². The first-order chi connectivity index (χ1) is 17.5. The molecule has 1 aliphatic rings. The summed E-state index contributed by atoms with van der Waals surface area (Å²) in [5.74, 6) is -1.19. The number of amides is 3. The lowest BCUT2D eigenvalue weighted by molar-refractivity contribution is -0.126. The SMILES string of the molecule is COCCNC(=O)[C@@H]1[C@H](c2ccc(NC(=O)c3cccnc3)cc2)OC(=O)N1Cc1cccc(F)c1. The van der Waals surface area contributed by atoms with Crippen molar-refractivity contribution in [3.8, 4) is 0 Å². The minimum absolute atomic E-state index is 0.00525. The van der Waals surface area contributed by atoms with Crippen LogP contribution in [0.5, 0.6) is 0 Å². The number of rotatable bonds is 9. The highest BCUT2D eigenvalue weighted by Crippen LogP contribution is 2.34. The van der Waals surface area contributed by atoms with Crippen molar-refractivity contribution >= 4 is 23.6 Å². The molecule has 36 heavy (non-hydrogen) atoms. The highest BCUT2D eigenvalue weighted by molar-refractivity contribution is 6.04. The summed E-state index contributed by atoms with van der Waals surface area (Å²) in [7, 11) is 1.52. The van der Waals surface area contributed by atoms with Gasteiger partial charge in [0, 0.05) is 31.7 Å². The van der Waals surface area contributed by atoms with Gasteiger partial charge in [0.2, 0.25) is 5.91 Å². The van der Waals surface area contributed by atoms with E-state index in [1.165, 1.54) is 36.4 Å². The Bertz CT molecular complexity index is 1220. The van der Waals surface area contributed by atoms with E-state index in [0.717, 1.165) is 0 Å². The van der Waals surface area contributed by atoms with E-state index in [9.17, 15) is 18.8 Å². The van der Waals surface area contributed by atoms with Crippen LogP contribution in [0.2, 0.25) is 0 Å². The van der Waals surface area contributed by atoms with E-state index in [-0.39, 0.29) is 19.0 Å². The van der Waals surface area contributed by atoms with Gasteiger partial charge >= 0.3 is 6.09 Å². The van der Waals surface area contributed by atoms with Gasteiger partial charge in [-0.15, -0.1) is 0 Å². The van der Waals surface area contributed by atoms with Crippen molar-refractivity contribution in [3.63, 3.8) is 0 Å². The van der Waals surface area contributed by atoms with Gasteiger partial charge in [0.25, 0.3) is 5.91 Å². The molecule has 2 heterocycles. The van der Waals surface area contributed by atoms with Crippen LogP contribution in [0.4, 0.5) is 14.9 Å². The molecule has 0 spiro atoms. The Morgan fingerprint density at radius 1 is 1.14 bits per heavy atom. The number of halogens is 1. The number of hydrogen-bond donors (Lipinski definition) is 2. The molecule has 9 nitrogen and oxygen atoms in total. The molecule has 0 aliphatic carbocycles. The number of nitrogens with one attached hydrogen (secondary N) is 2. The molecule has 3 aromatic rings. The smallest absolute Gasteiger partial charge is 0.411 e. The quantitative estimate of drug-likeness (QED) is 0.444. The predicted molar refractivity (Wildman–Crippen MR) is 128 cm³/mol. The molecular formula is C26H25FN4O5. The largest absolute Gasteiger partial charge is 0.438 e. The Morgan fingerprint density at radius 2 is 1.94 bits per heavy atom. The van der Waals surface area contributed by atoms with Crippen LogP contribution in [0, 0.1) is 5.82 Å². The van der Waals surface area contributed by atoms with E-state index >= 15 is 0 Å². The number of carbonyl (C=O) groups excluding carboxylic acids is 3. The number of hydrogen-bond acceptors (Lipinski definition) is 6. The van der Waals surface area contributed by atoms with Crippen molar-refractivity contribution in [3.05, 3.63) is 95.6 Å². The van der Waals surface area contributed by atoms with Crippen LogP contribution in [0.3, 0.4) is 0 Å². The van der Waals surface area contributed by atoms with E-state index in [4.69, 9.17) is 9.47 Å². The van der Waals surface area contributed by atoms with Gasteiger partial charge in [-0.25, -0.2) is 9.18 Å². The first-order valence-electron chi connectivity index (χ1n) is 11.3. The summed E-state index contributed by atoms with van der Waals surface area (Å²) >= 11 is 0. The Morgan fingerprint density at radius 3 is 2.64 bits per heavy atom. The fourth-order valence-corrected chi connectivity index (χ4v) is 3.88. The summed E-state index contributed by atoms with van der Waals surface area (Å²) in [6, 6.07) is 14.8. The summed E-state index contributed by atoms with van der Waals surface area (Å²) in [6.45, 7) is 0.543. The highest BCUT2D eigenvalue weighted by Gasteiger charge is 2.46. The lowest BCUT2D eigenvalue weighted by Crippen LogP contribution is -2.47. The Hall–Kier alpha value is -4.31. The minimum atomic E-state index is -0.992. The normalized spacial score (nSPS) is 16.9. The topological polar surface area (TPSA) is 110 Å². The Labute approximate surface area is 207 Å². The standard InChI is InChI=1S/C26H25FN4O5/c1-35-13-12-29-25(33)22-23(36-26(34)31(22)16-17-4-2-6-20(27)14-17)18-7-9-21(10-8-18)30-24(32)19-5-3-11-28-15-19/h2-11,14-15,22-23H,12-13,16H2,1H3,(H,29,33)(H,30,32)/t22-,23-/m0/s1. The van der Waals surface area contributed by atoms with E-state index in [1.807, 2.05) is 0 Å². The van der Waals surface area contributed by atoms with Crippen molar-refractivity contribution < 1.29 is 28.2 Å². The Balaban J connectivity index is 1.54. The van der Waals surface area contributed by atoms with Crippen LogP contribution in [-0.2, 0) is 20.8 Å². The second-order valence-corrected chi connectivity index (χ2v) is 8.11. The van der Waals surface area contributed by atoms with E-state index in [0.29, 0.717) is 29.0 Å². The molecule has 2 atom stereocenters. The molecule has 2 aromatic carbocycles. The van der Waals surface area contributed by atoms with Crippen molar-refractivity contribution in [2.75, 3.05) is 25.6 Å². The van der Waals surface area contributed by atoms with Crippen LogP contribution in [0.1, 0.15) is 27.6 Å². The van der Waals surface area contributed by atoms with Crippen molar-refractivity contribution in [2.45, 2.75) is 18.7 Å². The molecule has 3 amide bonds. The number of methoxy groups -OCH3 is 1. The monoisotopic (exact) mass is 492 g/mol. The second-order valence-electron chi connectivity index (χ2n) is 8.11. The maximum Gasteiger partial charge on any atom is 0.411 e. The van der Waals surface area contributed by atoms with Crippen LogP contribution in [0.15, 0.2) is 73.1 Å². The number of pyridine rings is 1. The molecule has 2 N–H and O–H groups in total. The molecule has 0 unspecified atom stereocenters. The van der Waals surface area contributed by atoms with Gasteiger partial charge in [-0.3, -0.25) is 19.5 Å². The van der Waals surface area contributed by atoms with Gasteiger partial charge in [-0.2, -0.15) is 0 Å². The molecular weight excluding hydrogens is 467 g/mol. The Kier molecular flexibility index (Phi) is 7.86. The third-order valence-electron chi connectivity index (χ3n) is 5.62. The second kappa shape index (κ2) is 11.4. The van der Waals surface area contributed by atoms with Gasteiger partial charge in [0.15, 0.2) is 12.1 Å². The number of nitrogens with zero attached hydrogens (tertiary/aromatic N) is 2. The first kappa shape index (κ1) is 24.8. The zero-order valence-electron chi connectivity index (χ0n) is 19.5. The number of anilines is 1. The van der Waals surface area contributed by atoms with Gasteiger partial charge in [0.1, 0.15) is 5.82 Å². The molecule has 4 rings (SSSR count). The summed E-state index contributed by atoms with van der Waals surface area (Å²) in [5.41, 5.74) is 2.02. The summed E-state index contributed by atoms with van der Waals surface area (Å²) < 4.78 is 24.3. The van der Waals surface area contributed by atoms with Gasteiger partial charge in [-0.1, -0.05) is 24.3 Å². The number of cyclic esters (lactones) is 1. The van der Waals surface area contributed by atoms with Crippen molar-refractivity contribution in [2.24, 2.45) is 0 Å². The zero-order valence-corrected chi connectivity index (χ0v) is 19.5. The number of aromatic nitrogens is 1. The predicted octanol–water partition coefficient (Wildman–Crippen LogP) is 3.30. The van der Waals surface area contributed by atoms with Crippen LogP contribution in [0.25, 0.3) is 0 Å². The van der Waals surface area contributed by atoms with E-state index in [2.05, 4.69) is 15.6 Å². The summed E-state index contributed by atoms with van der Waals surface area (Å²) in [6.07, 6.45) is 1.44. The third-order valence-corrected chi connectivity index (χ3v) is 5.62. The van der Waals surface area contributed by atoms with Crippen molar-refractivity contribution in [1.82, 2.24) is 15.2 Å². The number of ether oxygens (including phenoxy) is 2. The molecule has 1 aromatic heterocycles. The maximum atomic E-state index is 13.7. The summed E-state index contributed by atoms with van der Waals surface area (Å²) in [5, 5.41) is 5.53. The van der Waals surface area contributed by atoms with E-state index < -0.39 is 30.0 Å². The fraction of sp³-hybridized carbons (Fsp3) is 0.231. The van der Waals surface area contributed by atoms with Gasteiger partial charge in [0.05, 0.1) is 18.7 Å². The molecule has 10 heteroatoms. The average molecular weight is 493 g/mol. The lowest BCUT2D eigenvalue weighted by Gasteiger charge is -2.24. The van der Waals surface area contributed by atoms with Gasteiger partial charge in [-0.05, 0) is 47.5 Å². The first-order valence-corrected chi connectivity index (χ1v) is 11.3. The molecule has 0 saturated carbocycles. The maximum absolute atomic E-state index is 13.7. The molecule has 0 radical (unpaired) electrons. The fourth-order valence-electron chi connectivity index (χ4n) is 3.88. The van der Waals surface area contributed by atoms with Gasteiger partial charge < -0.3 is 20.1 Å². The molecule has 1 saturated heterocycles. The lowest BCUT2D eigenvalue weighted by atomic mass is 10.00. The van der Waals surface area contributed by atoms with E-state index in [1.54, 1.807) is 48.7 Å². The molecule has 1 aliphatic heterocycles. The minimum Gasteiger partial charge on any atom is -0.438 e. The molecule has 186 valence electrons. The third kappa shape index (κ3) is 5.84. The highest BCUT2D eigenvalue weighted by atomic mass is 19.1. The average Bonchev–Trinajstić information content (AvgIpc) is 3.21. The van der Waals surface area contributed by atoms with Crippen LogP contribution < -0.4 is 10.6 Å². The molecule has 0 bridgehead atoms. The zero-order chi connectivity index (χ0) is 25.5. The van der Waals surface area contributed by atoms with Crippen LogP contribution in [-0.4, -0.2) is 54.1 Å². The summed E-state index contributed by atoms with van der Waals surface area (Å²) in [4.78, 5) is 43.5. The number of carbonyl (C=O) groups is 3. The molecule has 1 fully saturated rings.